The van der Waals surface area contributed by atoms with Crippen LogP contribution in [0.3, 0.4) is 0 Å². The molecule has 1 atom stereocenters. The topological polar surface area (TPSA) is 131 Å². The summed E-state index contributed by atoms with van der Waals surface area (Å²) in [7, 11) is 0. The van der Waals surface area contributed by atoms with Gasteiger partial charge in [0.1, 0.15) is 12.6 Å². The van der Waals surface area contributed by atoms with E-state index in [2.05, 4.69) is 27.8 Å². The second-order valence-corrected chi connectivity index (χ2v) is 8.94. The van der Waals surface area contributed by atoms with Gasteiger partial charge in [-0.1, -0.05) is 48.5 Å². The molecule has 2 amide bonds. The number of aromatic nitrogens is 1. The fraction of sp³-hybridized carbons (Fsp3) is 0.280. The highest BCUT2D eigenvalue weighted by Gasteiger charge is 2.30. The van der Waals surface area contributed by atoms with Gasteiger partial charge in [0.2, 0.25) is 5.91 Å². The van der Waals surface area contributed by atoms with Gasteiger partial charge in [-0.05, 0) is 40.7 Å². The molecule has 2 aromatic carbocycles. The van der Waals surface area contributed by atoms with Crippen LogP contribution in [-0.2, 0) is 16.1 Å². The van der Waals surface area contributed by atoms with E-state index in [0.29, 0.717) is 12.2 Å². The Kier molecular flexibility index (Phi) is 7.71. The molecule has 0 spiro atoms. The Morgan fingerprint density at radius 2 is 1.77 bits per heavy atom. The van der Waals surface area contributed by atoms with Crippen LogP contribution < -0.4 is 10.6 Å². The van der Waals surface area contributed by atoms with Crippen LogP contribution >= 0.6 is 11.8 Å². The summed E-state index contributed by atoms with van der Waals surface area (Å²) in [6.45, 7) is -0.0284. The quantitative estimate of drug-likeness (QED) is 0.389. The van der Waals surface area contributed by atoms with Crippen LogP contribution in [0.2, 0.25) is 0 Å². The number of thioether (sulfide) groups is 1. The van der Waals surface area contributed by atoms with Crippen molar-refractivity contribution in [3.63, 3.8) is 0 Å². The molecule has 182 valence electrons. The number of nitrogens with one attached hydrogen (secondary N) is 2. The van der Waals surface area contributed by atoms with Crippen molar-refractivity contribution in [3.8, 4) is 11.1 Å². The number of rotatable bonds is 10. The molecule has 1 aliphatic rings. The maximum absolute atomic E-state index is 12.7. The van der Waals surface area contributed by atoms with Gasteiger partial charge in [-0.2, -0.15) is 11.8 Å². The maximum Gasteiger partial charge on any atom is 0.407 e. The van der Waals surface area contributed by atoms with Crippen LogP contribution in [0, 0.1) is 0 Å². The molecule has 1 aliphatic carbocycles. The summed E-state index contributed by atoms with van der Waals surface area (Å²) in [6.07, 6.45) is 2.58. The summed E-state index contributed by atoms with van der Waals surface area (Å²) in [5.41, 5.74) is 4.18. The van der Waals surface area contributed by atoms with E-state index in [4.69, 9.17) is 14.3 Å². The van der Waals surface area contributed by atoms with E-state index in [1.54, 1.807) is 0 Å². The first-order valence-corrected chi connectivity index (χ1v) is 12.4. The highest BCUT2D eigenvalue weighted by Crippen LogP contribution is 2.44. The van der Waals surface area contributed by atoms with Gasteiger partial charge in [-0.15, -0.1) is 0 Å². The number of benzene rings is 2. The monoisotopic (exact) mass is 495 g/mol. The maximum atomic E-state index is 12.7. The number of fused-ring (bicyclic) bond motifs is 3. The Hall–Kier alpha value is -3.79. The fourth-order valence-electron chi connectivity index (χ4n) is 4.15. The molecule has 0 aliphatic heterocycles. The van der Waals surface area contributed by atoms with Crippen molar-refractivity contribution in [3.05, 3.63) is 77.5 Å². The van der Waals surface area contributed by atoms with E-state index < -0.39 is 24.0 Å². The third kappa shape index (κ3) is 5.48. The van der Waals surface area contributed by atoms with Crippen LogP contribution in [-0.4, -0.2) is 52.7 Å². The SMILES string of the molecule is CSCC[C@@H](NC(=O)OCC1c2ccccc2-c2ccccc21)C(=O)NCc1ocnc1C(=O)O. The third-order valence-corrected chi connectivity index (χ3v) is 6.47. The van der Waals surface area contributed by atoms with E-state index in [-0.39, 0.29) is 30.5 Å². The Bertz CT molecular complexity index is 1180. The first kappa shape index (κ1) is 24.3. The molecule has 3 N–H and O–H groups in total. The van der Waals surface area contributed by atoms with E-state index in [0.717, 1.165) is 28.6 Å². The molecule has 9 nitrogen and oxygen atoms in total. The summed E-state index contributed by atoms with van der Waals surface area (Å²) >= 11 is 1.54. The minimum Gasteiger partial charge on any atom is -0.476 e. The van der Waals surface area contributed by atoms with Crippen molar-refractivity contribution >= 4 is 29.7 Å². The van der Waals surface area contributed by atoms with Gasteiger partial charge in [-0.25, -0.2) is 14.6 Å². The lowest BCUT2D eigenvalue weighted by atomic mass is 9.98. The minimum atomic E-state index is -1.25. The molecule has 0 bridgehead atoms. The predicted octanol–water partition coefficient (Wildman–Crippen LogP) is 3.65. The molecule has 0 fully saturated rings. The molecule has 0 unspecified atom stereocenters. The average Bonchev–Trinajstić information content (AvgIpc) is 3.47. The van der Waals surface area contributed by atoms with Crippen molar-refractivity contribution in [2.45, 2.75) is 24.9 Å². The van der Waals surface area contributed by atoms with E-state index >= 15 is 0 Å². The number of hydrogen-bond donors (Lipinski definition) is 3. The molecule has 0 saturated heterocycles. The number of nitrogens with zero attached hydrogens (tertiary/aromatic N) is 1. The number of aromatic carboxylic acids is 1. The highest BCUT2D eigenvalue weighted by molar-refractivity contribution is 7.98. The Morgan fingerprint density at radius 1 is 1.11 bits per heavy atom. The average molecular weight is 496 g/mol. The summed E-state index contributed by atoms with van der Waals surface area (Å²) in [6, 6.07) is 15.2. The van der Waals surface area contributed by atoms with Crippen LogP contribution in [0.25, 0.3) is 11.1 Å². The Balaban J connectivity index is 1.38. The zero-order valence-corrected chi connectivity index (χ0v) is 19.8. The van der Waals surface area contributed by atoms with Crippen molar-refractivity contribution in [1.29, 1.82) is 0 Å². The molecule has 4 rings (SSSR count). The normalized spacial score (nSPS) is 12.9. The van der Waals surface area contributed by atoms with Crippen LogP contribution in [0.1, 0.15) is 39.7 Å². The van der Waals surface area contributed by atoms with Gasteiger partial charge < -0.3 is 24.9 Å². The summed E-state index contributed by atoms with van der Waals surface area (Å²) in [4.78, 5) is 40.2. The summed E-state index contributed by atoms with van der Waals surface area (Å²) < 4.78 is 10.6. The lowest BCUT2D eigenvalue weighted by Gasteiger charge is -2.19. The number of carboxylic acids is 1. The predicted molar refractivity (Wildman–Crippen MR) is 130 cm³/mol. The lowest BCUT2D eigenvalue weighted by Crippen LogP contribution is -2.47. The van der Waals surface area contributed by atoms with Crippen LogP contribution in [0.5, 0.6) is 0 Å². The van der Waals surface area contributed by atoms with Gasteiger partial charge in [0.05, 0.1) is 6.54 Å². The molecule has 0 saturated carbocycles. The molecular weight excluding hydrogens is 470 g/mol. The van der Waals surface area contributed by atoms with Crippen LogP contribution in [0.15, 0.2) is 59.3 Å². The Morgan fingerprint density at radius 3 is 2.40 bits per heavy atom. The van der Waals surface area contributed by atoms with Crippen LogP contribution in [0.4, 0.5) is 4.79 Å². The standard InChI is InChI=1S/C25H25N3O6S/c1-35-11-10-20(23(29)26-12-21-22(24(30)31)27-14-34-21)28-25(32)33-13-19-17-8-4-2-6-15(17)16-7-3-5-9-18(16)19/h2-9,14,19-20H,10-13H2,1H3,(H,26,29)(H,28,32)(H,30,31)/t20-/m1/s1. The first-order chi connectivity index (χ1) is 17.0. The molecule has 3 aromatic rings. The zero-order chi connectivity index (χ0) is 24.8. The Labute approximate surface area is 206 Å². The van der Waals surface area contributed by atoms with Gasteiger partial charge in [0.25, 0.3) is 0 Å². The number of amides is 2. The second kappa shape index (κ2) is 11.1. The third-order valence-electron chi connectivity index (χ3n) is 5.83. The fourth-order valence-corrected chi connectivity index (χ4v) is 4.62. The first-order valence-electron chi connectivity index (χ1n) is 11.0. The van der Waals surface area contributed by atoms with E-state index in [1.807, 2.05) is 42.7 Å². The largest absolute Gasteiger partial charge is 0.476 e. The van der Waals surface area contributed by atoms with Gasteiger partial charge in [0, 0.05) is 5.92 Å². The number of hydrogen-bond acceptors (Lipinski definition) is 7. The number of oxazole rings is 1. The molecule has 35 heavy (non-hydrogen) atoms. The van der Waals surface area contributed by atoms with Crippen molar-refractivity contribution in [2.24, 2.45) is 0 Å². The number of carboxylic acid groups (broad SMARTS) is 1. The molecule has 10 heteroatoms. The number of carbonyl (C=O) groups excluding carboxylic acids is 2. The van der Waals surface area contributed by atoms with E-state index in [9.17, 15) is 14.4 Å². The smallest absolute Gasteiger partial charge is 0.407 e. The molecule has 1 heterocycles. The van der Waals surface area contributed by atoms with Gasteiger partial charge in [0.15, 0.2) is 17.8 Å². The molecule has 0 radical (unpaired) electrons. The van der Waals surface area contributed by atoms with Crippen molar-refractivity contribution < 1.29 is 28.6 Å². The lowest BCUT2D eigenvalue weighted by molar-refractivity contribution is -0.123. The number of ether oxygens (including phenoxy) is 1. The number of alkyl carbamates (subject to hydrolysis) is 1. The number of carbonyl (C=O) groups is 3. The summed E-state index contributed by atoms with van der Waals surface area (Å²) in [5.74, 6) is -1.16. The van der Waals surface area contributed by atoms with Crippen molar-refractivity contribution in [2.75, 3.05) is 18.6 Å². The summed E-state index contributed by atoms with van der Waals surface area (Å²) in [5, 5.41) is 14.4. The van der Waals surface area contributed by atoms with Gasteiger partial charge in [-0.3, -0.25) is 4.79 Å². The minimum absolute atomic E-state index is 0.0237. The molecule has 1 aromatic heterocycles. The second-order valence-electron chi connectivity index (χ2n) is 7.95. The van der Waals surface area contributed by atoms with E-state index in [1.165, 1.54) is 11.8 Å². The molecular formula is C25H25N3O6S. The highest BCUT2D eigenvalue weighted by atomic mass is 32.2. The van der Waals surface area contributed by atoms with Crippen molar-refractivity contribution in [1.82, 2.24) is 15.6 Å². The zero-order valence-electron chi connectivity index (χ0n) is 19.0. The van der Waals surface area contributed by atoms with Gasteiger partial charge >= 0.3 is 12.1 Å².